The van der Waals surface area contributed by atoms with E-state index in [4.69, 9.17) is 0 Å². The first-order chi connectivity index (χ1) is 10.7. The number of hydrogen-bond acceptors (Lipinski definition) is 2. The molecule has 0 saturated carbocycles. The second kappa shape index (κ2) is 6.39. The lowest BCUT2D eigenvalue weighted by Crippen LogP contribution is -2.07. The highest BCUT2D eigenvalue weighted by Gasteiger charge is 2.01. The Bertz CT molecular complexity index is 810. The predicted octanol–water partition coefficient (Wildman–Crippen LogP) is 4.86. The maximum Gasteiger partial charge on any atom is 0.103 e. The van der Waals surface area contributed by atoms with Crippen LogP contribution < -0.4 is 5.32 Å². The maximum atomic E-state index is 4.68. The van der Waals surface area contributed by atoms with E-state index in [0.717, 1.165) is 34.5 Å². The Kier molecular flexibility index (Phi) is 4.15. The van der Waals surface area contributed by atoms with Crippen molar-refractivity contribution in [1.82, 2.24) is 4.98 Å². The fourth-order valence-corrected chi connectivity index (χ4v) is 2.42. The molecule has 1 aliphatic rings. The number of allylic oxidation sites excluding steroid dienone is 5. The molecule has 3 heteroatoms. The van der Waals surface area contributed by atoms with Gasteiger partial charge in [0, 0.05) is 17.3 Å². The third-order valence-corrected chi connectivity index (χ3v) is 3.54. The first kappa shape index (κ1) is 14.3. The van der Waals surface area contributed by atoms with Crippen LogP contribution in [0.5, 0.6) is 0 Å². The van der Waals surface area contributed by atoms with Crippen molar-refractivity contribution in [2.45, 2.75) is 20.3 Å². The molecule has 0 aliphatic heterocycles. The van der Waals surface area contributed by atoms with Crippen molar-refractivity contribution in [2.24, 2.45) is 4.99 Å². The van der Waals surface area contributed by atoms with Gasteiger partial charge in [-0.1, -0.05) is 24.3 Å². The number of pyridine rings is 1. The zero-order valence-electron chi connectivity index (χ0n) is 12.9. The Labute approximate surface area is 130 Å². The molecule has 110 valence electrons. The van der Waals surface area contributed by atoms with E-state index < -0.39 is 0 Å². The molecule has 0 radical (unpaired) electrons. The van der Waals surface area contributed by atoms with Gasteiger partial charge < -0.3 is 5.32 Å². The molecule has 0 spiro atoms. The summed E-state index contributed by atoms with van der Waals surface area (Å²) in [6.07, 6.45) is 11.2. The SMILES string of the molecule is CC1=C(/N=C(\C)Nc2ccc3ncccc3c2)C=CCC=C1. The summed E-state index contributed by atoms with van der Waals surface area (Å²) >= 11 is 0. The highest BCUT2D eigenvalue weighted by molar-refractivity contribution is 5.96. The van der Waals surface area contributed by atoms with Crippen LogP contribution in [0, 0.1) is 0 Å². The Morgan fingerprint density at radius 2 is 2.05 bits per heavy atom. The van der Waals surface area contributed by atoms with Crippen molar-refractivity contribution in [3.63, 3.8) is 0 Å². The van der Waals surface area contributed by atoms with Crippen LogP contribution in [0.15, 0.2) is 77.1 Å². The van der Waals surface area contributed by atoms with Gasteiger partial charge in [0.1, 0.15) is 5.84 Å². The van der Waals surface area contributed by atoms with Gasteiger partial charge in [0.25, 0.3) is 0 Å². The van der Waals surface area contributed by atoms with E-state index in [-0.39, 0.29) is 0 Å². The van der Waals surface area contributed by atoms with Gasteiger partial charge >= 0.3 is 0 Å². The molecule has 0 unspecified atom stereocenters. The lowest BCUT2D eigenvalue weighted by atomic mass is 10.2. The summed E-state index contributed by atoms with van der Waals surface area (Å²) in [7, 11) is 0. The Balaban J connectivity index is 1.84. The van der Waals surface area contributed by atoms with Crippen molar-refractivity contribution in [3.05, 3.63) is 72.1 Å². The molecule has 1 N–H and O–H groups in total. The van der Waals surface area contributed by atoms with Crippen molar-refractivity contribution in [2.75, 3.05) is 5.32 Å². The zero-order chi connectivity index (χ0) is 15.4. The number of aromatic nitrogens is 1. The number of rotatable bonds is 2. The first-order valence-corrected chi connectivity index (χ1v) is 7.43. The number of fused-ring (bicyclic) bond motifs is 1. The molecule has 0 amide bonds. The van der Waals surface area contributed by atoms with Crippen LogP contribution in [0.1, 0.15) is 20.3 Å². The topological polar surface area (TPSA) is 37.3 Å². The summed E-state index contributed by atoms with van der Waals surface area (Å²) in [4.78, 5) is 9.02. The molecular formula is C19H19N3. The number of benzene rings is 1. The highest BCUT2D eigenvalue weighted by atomic mass is 15.0. The normalized spacial score (nSPS) is 15.3. The monoisotopic (exact) mass is 289 g/mol. The van der Waals surface area contributed by atoms with Gasteiger partial charge in [-0.25, -0.2) is 4.99 Å². The number of nitrogens with one attached hydrogen (secondary N) is 1. The van der Waals surface area contributed by atoms with E-state index in [1.165, 1.54) is 5.57 Å². The fourth-order valence-electron chi connectivity index (χ4n) is 2.42. The second-order valence-corrected chi connectivity index (χ2v) is 5.34. The van der Waals surface area contributed by atoms with Crippen LogP contribution in [-0.4, -0.2) is 10.8 Å². The minimum Gasteiger partial charge on any atom is -0.344 e. The summed E-state index contributed by atoms with van der Waals surface area (Å²) in [5.74, 6) is 0.873. The molecule has 1 aromatic heterocycles. The van der Waals surface area contributed by atoms with E-state index in [1.807, 2.05) is 31.3 Å². The van der Waals surface area contributed by atoms with Gasteiger partial charge in [-0.05, 0) is 56.2 Å². The Morgan fingerprint density at radius 3 is 2.95 bits per heavy atom. The molecule has 0 saturated heterocycles. The van der Waals surface area contributed by atoms with Crippen molar-refractivity contribution < 1.29 is 0 Å². The molecule has 3 nitrogen and oxygen atoms in total. The van der Waals surface area contributed by atoms with Crippen molar-refractivity contribution in [1.29, 1.82) is 0 Å². The molecule has 0 atom stereocenters. The molecule has 0 bridgehead atoms. The predicted molar refractivity (Wildman–Crippen MR) is 94.1 cm³/mol. The number of aliphatic imine (C=N–C) groups is 1. The maximum absolute atomic E-state index is 4.68. The van der Waals surface area contributed by atoms with Gasteiger partial charge in [-0.15, -0.1) is 0 Å². The number of anilines is 1. The summed E-state index contributed by atoms with van der Waals surface area (Å²) in [5.41, 5.74) is 4.20. The minimum absolute atomic E-state index is 0.873. The summed E-state index contributed by atoms with van der Waals surface area (Å²) in [6.45, 7) is 4.07. The van der Waals surface area contributed by atoms with Crippen LogP contribution >= 0.6 is 0 Å². The van der Waals surface area contributed by atoms with Gasteiger partial charge in [-0.3, -0.25) is 4.98 Å². The molecule has 1 aromatic carbocycles. The van der Waals surface area contributed by atoms with E-state index in [9.17, 15) is 0 Å². The second-order valence-electron chi connectivity index (χ2n) is 5.34. The van der Waals surface area contributed by atoms with Crippen molar-refractivity contribution >= 4 is 22.4 Å². The lowest BCUT2D eigenvalue weighted by molar-refractivity contribution is 1.30. The van der Waals surface area contributed by atoms with E-state index in [2.05, 4.69) is 58.7 Å². The van der Waals surface area contributed by atoms with E-state index in [1.54, 1.807) is 0 Å². The van der Waals surface area contributed by atoms with Gasteiger partial charge in [0.05, 0.1) is 11.2 Å². The quantitative estimate of drug-likeness (QED) is 0.633. The molecular weight excluding hydrogens is 270 g/mol. The molecule has 1 heterocycles. The molecule has 2 aromatic rings. The Morgan fingerprint density at radius 1 is 1.18 bits per heavy atom. The molecule has 22 heavy (non-hydrogen) atoms. The van der Waals surface area contributed by atoms with Crippen LogP contribution in [0.2, 0.25) is 0 Å². The van der Waals surface area contributed by atoms with E-state index >= 15 is 0 Å². The zero-order valence-corrected chi connectivity index (χ0v) is 12.9. The van der Waals surface area contributed by atoms with Crippen LogP contribution in [-0.2, 0) is 0 Å². The van der Waals surface area contributed by atoms with Gasteiger partial charge in [0.15, 0.2) is 0 Å². The Hall–Kier alpha value is -2.68. The number of amidine groups is 1. The van der Waals surface area contributed by atoms with E-state index in [0.29, 0.717) is 0 Å². The fraction of sp³-hybridized carbons (Fsp3) is 0.158. The van der Waals surface area contributed by atoms with Crippen LogP contribution in [0.3, 0.4) is 0 Å². The average molecular weight is 289 g/mol. The largest absolute Gasteiger partial charge is 0.344 e. The first-order valence-electron chi connectivity index (χ1n) is 7.43. The smallest absolute Gasteiger partial charge is 0.103 e. The lowest BCUT2D eigenvalue weighted by Gasteiger charge is -2.08. The molecule has 3 rings (SSSR count). The molecule has 1 aliphatic carbocycles. The average Bonchev–Trinajstić information content (AvgIpc) is 2.72. The van der Waals surface area contributed by atoms with Gasteiger partial charge in [-0.2, -0.15) is 0 Å². The third-order valence-electron chi connectivity index (χ3n) is 3.54. The van der Waals surface area contributed by atoms with Crippen LogP contribution in [0.25, 0.3) is 10.9 Å². The standard InChI is InChI=1S/C19H19N3/c1-14-7-4-3-5-9-18(14)22-15(2)21-17-10-11-19-16(13-17)8-6-12-20-19/h4-13H,3H2,1-2H3,(H,21,22). The molecule has 0 fully saturated rings. The van der Waals surface area contributed by atoms with Crippen LogP contribution in [0.4, 0.5) is 5.69 Å². The van der Waals surface area contributed by atoms with Gasteiger partial charge in [0.2, 0.25) is 0 Å². The third kappa shape index (κ3) is 3.31. The summed E-state index contributed by atoms with van der Waals surface area (Å²) in [6, 6.07) is 10.1. The minimum atomic E-state index is 0.873. The highest BCUT2D eigenvalue weighted by Crippen LogP contribution is 2.18. The van der Waals surface area contributed by atoms with Crippen molar-refractivity contribution in [3.8, 4) is 0 Å². The summed E-state index contributed by atoms with van der Waals surface area (Å²) < 4.78 is 0. The summed E-state index contributed by atoms with van der Waals surface area (Å²) in [5, 5.41) is 4.47. The number of hydrogen-bond donors (Lipinski definition) is 1. The number of nitrogens with zero attached hydrogens (tertiary/aromatic N) is 2.